The smallest absolute Gasteiger partial charge is 0.323 e. The second-order valence-corrected chi connectivity index (χ2v) is 9.03. The van der Waals surface area contributed by atoms with E-state index in [9.17, 15) is 14.3 Å². The molecule has 176 valence electrons. The van der Waals surface area contributed by atoms with Crippen LogP contribution in [0.3, 0.4) is 0 Å². The van der Waals surface area contributed by atoms with Crippen LogP contribution in [0.1, 0.15) is 17.2 Å². The fourth-order valence-corrected chi connectivity index (χ4v) is 5.70. The van der Waals surface area contributed by atoms with E-state index in [0.717, 1.165) is 0 Å². The van der Waals surface area contributed by atoms with Crippen molar-refractivity contribution in [2.24, 2.45) is 18.9 Å². The van der Waals surface area contributed by atoms with E-state index >= 15 is 4.39 Å². The lowest BCUT2D eigenvalue weighted by atomic mass is 9.95. The Balaban J connectivity index is 1.52. The number of aromatic nitrogens is 3. The molecule has 2 aromatic heterocycles. The SMILES string of the molecule is C#Cc1c(F)ccc2cc(O)cc(-c3ncc4c([C@H]5C6CN[C@@H](C(=O)OC)C65)nn(C)c4c3F)c12. The summed E-state index contributed by atoms with van der Waals surface area (Å²) in [5, 5.41) is 19.3. The van der Waals surface area contributed by atoms with E-state index in [1.807, 2.05) is 0 Å². The summed E-state index contributed by atoms with van der Waals surface area (Å²) in [5.41, 5.74) is 0.999. The lowest BCUT2D eigenvalue weighted by molar-refractivity contribution is -0.143. The minimum absolute atomic E-state index is 0.0140. The number of hydrogen-bond donors (Lipinski definition) is 2. The number of piperidine rings is 1. The van der Waals surface area contributed by atoms with Crippen LogP contribution in [0.15, 0.2) is 30.5 Å². The van der Waals surface area contributed by atoms with Crippen LogP contribution in [0.5, 0.6) is 5.75 Å². The Labute approximate surface area is 198 Å². The summed E-state index contributed by atoms with van der Waals surface area (Å²) in [6, 6.07) is 5.04. The summed E-state index contributed by atoms with van der Waals surface area (Å²) in [7, 11) is 2.99. The van der Waals surface area contributed by atoms with Gasteiger partial charge in [0.1, 0.15) is 28.8 Å². The summed E-state index contributed by atoms with van der Waals surface area (Å²) < 4.78 is 36.9. The minimum atomic E-state index is -0.656. The Morgan fingerprint density at radius 2 is 2.14 bits per heavy atom. The van der Waals surface area contributed by atoms with Crippen LogP contribution >= 0.6 is 0 Å². The molecule has 1 aliphatic carbocycles. The Hall–Kier alpha value is -4.03. The Kier molecular flexibility index (Phi) is 4.60. The molecule has 9 heteroatoms. The molecular formula is C26H20F2N4O3. The third-order valence-electron chi connectivity index (χ3n) is 7.26. The molecule has 0 amide bonds. The molecule has 0 spiro atoms. The zero-order valence-corrected chi connectivity index (χ0v) is 18.8. The van der Waals surface area contributed by atoms with Crippen LogP contribution in [-0.4, -0.2) is 45.5 Å². The van der Waals surface area contributed by atoms with E-state index in [2.05, 4.69) is 21.3 Å². The normalized spacial score (nSPS) is 22.8. The van der Waals surface area contributed by atoms with Crippen LogP contribution in [-0.2, 0) is 16.6 Å². The number of phenolic OH excluding ortho intramolecular Hbond substituents is 1. The molecule has 7 nitrogen and oxygen atoms in total. The molecule has 0 radical (unpaired) electrons. The van der Waals surface area contributed by atoms with Crippen LogP contribution in [0, 0.1) is 35.8 Å². The number of phenols is 1. The monoisotopic (exact) mass is 474 g/mol. The maximum Gasteiger partial charge on any atom is 0.323 e. The molecule has 2 fully saturated rings. The molecule has 0 bridgehead atoms. The highest BCUT2D eigenvalue weighted by atomic mass is 19.1. The quantitative estimate of drug-likeness (QED) is 0.350. The van der Waals surface area contributed by atoms with Gasteiger partial charge in [-0.05, 0) is 42.0 Å². The van der Waals surface area contributed by atoms with Crippen molar-refractivity contribution in [1.29, 1.82) is 0 Å². The number of nitrogens with one attached hydrogen (secondary N) is 1. The third-order valence-corrected chi connectivity index (χ3v) is 7.26. The van der Waals surface area contributed by atoms with Gasteiger partial charge in [0, 0.05) is 35.5 Å². The van der Waals surface area contributed by atoms with Gasteiger partial charge >= 0.3 is 5.97 Å². The molecule has 3 heterocycles. The first-order valence-corrected chi connectivity index (χ1v) is 11.1. The molecule has 35 heavy (non-hydrogen) atoms. The molecule has 2 aliphatic rings. The third kappa shape index (κ3) is 2.96. The predicted molar refractivity (Wildman–Crippen MR) is 124 cm³/mol. The molecule has 4 atom stereocenters. The second kappa shape index (κ2) is 7.48. The summed E-state index contributed by atoms with van der Waals surface area (Å²) >= 11 is 0. The minimum Gasteiger partial charge on any atom is -0.508 e. The van der Waals surface area contributed by atoms with Crippen LogP contribution in [0.2, 0.25) is 0 Å². The van der Waals surface area contributed by atoms with Gasteiger partial charge < -0.3 is 15.2 Å². The van der Waals surface area contributed by atoms with Crippen molar-refractivity contribution < 1.29 is 23.4 Å². The van der Waals surface area contributed by atoms with E-state index in [1.165, 1.54) is 42.3 Å². The first-order chi connectivity index (χ1) is 16.8. The zero-order chi connectivity index (χ0) is 24.6. The van der Waals surface area contributed by atoms with Gasteiger partial charge in [0.2, 0.25) is 0 Å². The number of aryl methyl sites for hydroxylation is 1. The summed E-state index contributed by atoms with van der Waals surface area (Å²) in [6.45, 7) is 0.650. The summed E-state index contributed by atoms with van der Waals surface area (Å²) in [4.78, 5) is 16.5. The van der Waals surface area contributed by atoms with Crippen LogP contribution in [0.25, 0.3) is 32.9 Å². The van der Waals surface area contributed by atoms with Gasteiger partial charge in [-0.25, -0.2) is 8.78 Å². The van der Waals surface area contributed by atoms with Gasteiger partial charge in [0.05, 0.1) is 18.4 Å². The maximum atomic E-state index is 16.0. The largest absolute Gasteiger partial charge is 0.508 e. The lowest BCUT2D eigenvalue weighted by Gasteiger charge is -2.13. The number of aromatic hydroxyl groups is 1. The molecule has 4 aromatic rings. The number of esters is 1. The maximum absolute atomic E-state index is 16.0. The number of halogens is 2. The van der Waals surface area contributed by atoms with E-state index in [4.69, 9.17) is 11.2 Å². The first kappa shape index (κ1) is 21.5. The number of rotatable bonds is 3. The van der Waals surface area contributed by atoms with Crippen LogP contribution < -0.4 is 5.32 Å². The number of methoxy groups -OCH3 is 1. The second-order valence-electron chi connectivity index (χ2n) is 9.03. The van der Waals surface area contributed by atoms with Gasteiger partial charge in [0.15, 0.2) is 5.82 Å². The topological polar surface area (TPSA) is 89.3 Å². The molecule has 1 saturated carbocycles. The number of carbonyl (C=O) groups excluding carboxylic acids is 1. The lowest BCUT2D eigenvalue weighted by Crippen LogP contribution is -2.36. The van der Waals surface area contributed by atoms with Crippen molar-refractivity contribution in [2.75, 3.05) is 13.7 Å². The van der Waals surface area contributed by atoms with Crippen molar-refractivity contribution in [1.82, 2.24) is 20.1 Å². The fraction of sp³-hybridized carbons (Fsp3) is 0.269. The highest BCUT2D eigenvalue weighted by molar-refractivity contribution is 6.02. The average Bonchev–Trinajstić information content (AvgIpc) is 3.19. The number of nitrogens with zero attached hydrogens (tertiary/aromatic N) is 3. The van der Waals surface area contributed by atoms with Gasteiger partial charge in [-0.2, -0.15) is 5.10 Å². The number of ether oxygens (including phenoxy) is 1. The predicted octanol–water partition coefficient (Wildman–Crippen LogP) is 3.23. The number of hydrogen-bond acceptors (Lipinski definition) is 6. The highest BCUT2D eigenvalue weighted by Crippen LogP contribution is 2.59. The van der Waals surface area contributed by atoms with E-state index in [1.54, 1.807) is 7.05 Å². The highest BCUT2D eigenvalue weighted by Gasteiger charge is 2.62. The number of pyridine rings is 1. The van der Waals surface area contributed by atoms with Crippen LogP contribution in [0.4, 0.5) is 8.78 Å². The van der Waals surface area contributed by atoms with Crippen molar-refractivity contribution in [2.45, 2.75) is 12.0 Å². The molecule has 1 saturated heterocycles. The van der Waals surface area contributed by atoms with Gasteiger partial charge in [-0.1, -0.05) is 12.0 Å². The molecule has 2 aromatic carbocycles. The Morgan fingerprint density at radius 3 is 2.89 bits per heavy atom. The summed E-state index contributed by atoms with van der Waals surface area (Å²) in [6.07, 6.45) is 7.10. The summed E-state index contributed by atoms with van der Waals surface area (Å²) in [5.74, 6) is 0.833. The average molecular weight is 474 g/mol. The Morgan fingerprint density at radius 1 is 1.34 bits per heavy atom. The first-order valence-electron chi connectivity index (χ1n) is 11.1. The van der Waals surface area contributed by atoms with Crippen molar-refractivity contribution in [3.63, 3.8) is 0 Å². The van der Waals surface area contributed by atoms with E-state index in [-0.39, 0.29) is 51.8 Å². The van der Waals surface area contributed by atoms with Gasteiger partial charge in [0.25, 0.3) is 0 Å². The van der Waals surface area contributed by atoms with Crippen molar-refractivity contribution in [3.8, 4) is 29.4 Å². The number of fused-ring (bicyclic) bond motifs is 3. The molecule has 2 N–H and O–H groups in total. The molecule has 2 unspecified atom stereocenters. The molecule has 1 aliphatic heterocycles. The zero-order valence-electron chi connectivity index (χ0n) is 18.8. The standard InChI is InChI=1S/C26H20F2N4O3/c1-4-13-17(27)6-5-11-7-12(33)8-14(18(11)13)23-21(28)25-16(10-29-23)22(31-32(25)2)19-15-9-30-24(20(15)19)26(34)35-3/h1,5-8,10,15,19-20,24,30,33H,9H2,2-3H3/t15?,19-,20?,24+/m0/s1. The van der Waals surface area contributed by atoms with Crippen molar-refractivity contribution >= 4 is 27.6 Å². The number of carbonyl (C=O) groups is 1. The van der Waals surface area contributed by atoms with E-state index < -0.39 is 17.7 Å². The molecular weight excluding hydrogens is 454 g/mol. The van der Waals surface area contributed by atoms with Gasteiger partial charge in [-0.15, -0.1) is 6.42 Å². The fourth-order valence-electron chi connectivity index (χ4n) is 5.70. The van der Waals surface area contributed by atoms with E-state index in [0.29, 0.717) is 28.4 Å². The number of terminal acetylenes is 1. The molecule has 6 rings (SSSR count). The number of benzene rings is 2. The van der Waals surface area contributed by atoms with Gasteiger partial charge in [-0.3, -0.25) is 14.5 Å². The Bertz CT molecular complexity index is 1610. The van der Waals surface area contributed by atoms with Crippen molar-refractivity contribution in [3.05, 3.63) is 53.4 Å².